The number of nitrogens with one attached hydrogen (secondary N) is 1. The molecule has 146 valence electrons. The van der Waals surface area contributed by atoms with Gasteiger partial charge in [-0.15, -0.1) is 0 Å². The Morgan fingerprint density at radius 1 is 1.18 bits per heavy atom. The number of rotatable bonds is 7. The zero-order valence-electron chi connectivity index (χ0n) is 16.0. The van der Waals surface area contributed by atoms with E-state index in [0.717, 1.165) is 11.3 Å². The molecule has 0 saturated heterocycles. The minimum absolute atomic E-state index is 0.0764. The van der Waals surface area contributed by atoms with Crippen LogP contribution in [-0.4, -0.2) is 35.2 Å². The van der Waals surface area contributed by atoms with Crippen molar-refractivity contribution in [2.24, 2.45) is 0 Å². The van der Waals surface area contributed by atoms with Crippen molar-refractivity contribution in [3.8, 4) is 11.5 Å². The van der Waals surface area contributed by atoms with E-state index in [1.165, 1.54) is 6.07 Å². The maximum Gasteiger partial charge on any atom is 0.274 e. The van der Waals surface area contributed by atoms with Crippen LogP contribution in [0.3, 0.4) is 0 Å². The van der Waals surface area contributed by atoms with E-state index in [0.29, 0.717) is 5.69 Å². The number of carbonyl (C=O) groups excluding carboxylic acids is 1. The van der Waals surface area contributed by atoms with Crippen LogP contribution < -0.4 is 9.47 Å². The summed E-state index contributed by atoms with van der Waals surface area (Å²) in [6, 6.07) is 15.1. The Kier molecular flexibility index (Phi) is 5.93. The molecule has 0 aliphatic rings. The van der Waals surface area contributed by atoms with E-state index in [4.69, 9.17) is 9.47 Å². The van der Waals surface area contributed by atoms with Gasteiger partial charge in [0.2, 0.25) is 0 Å². The highest BCUT2D eigenvalue weighted by molar-refractivity contribution is 5.92. The van der Waals surface area contributed by atoms with E-state index in [2.05, 4.69) is 10.2 Å². The van der Waals surface area contributed by atoms with Gasteiger partial charge in [-0.3, -0.25) is 9.89 Å². The predicted octanol–water partition coefficient (Wildman–Crippen LogP) is 3.97. The molecule has 1 unspecified atom stereocenters. The molecule has 3 aromatic rings. The second-order valence-electron chi connectivity index (χ2n) is 6.33. The van der Waals surface area contributed by atoms with E-state index in [1.807, 2.05) is 31.2 Å². The third-order valence-electron chi connectivity index (χ3n) is 4.56. The smallest absolute Gasteiger partial charge is 0.274 e. The molecule has 7 heteroatoms. The molecule has 1 N–H and O–H groups in total. The fourth-order valence-electron chi connectivity index (χ4n) is 2.84. The Labute approximate surface area is 162 Å². The number of benzene rings is 2. The fourth-order valence-corrected chi connectivity index (χ4v) is 2.84. The highest BCUT2D eigenvalue weighted by Gasteiger charge is 2.23. The molecule has 1 atom stereocenters. The van der Waals surface area contributed by atoms with Crippen LogP contribution in [-0.2, 0) is 6.61 Å². The molecule has 6 nitrogen and oxygen atoms in total. The van der Waals surface area contributed by atoms with Crippen LogP contribution in [0.5, 0.6) is 11.5 Å². The average molecular weight is 383 g/mol. The molecule has 28 heavy (non-hydrogen) atoms. The number of nitrogens with zero attached hydrogens (tertiary/aromatic N) is 2. The Morgan fingerprint density at radius 3 is 2.57 bits per heavy atom. The molecule has 1 heterocycles. The van der Waals surface area contributed by atoms with Gasteiger partial charge in [0.15, 0.2) is 17.3 Å². The number of halogens is 1. The van der Waals surface area contributed by atoms with Crippen LogP contribution in [0, 0.1) is 5.82 Å². The number of para-hydroxylation sites is 2. The minimum atomic E-state index is -0.441. The molecule has 2 aromatic carbocycles. The van der Waals surface area contributed by atoms with Crippen LogP contribution in [0.15, 0.2) is 54.6 Å². The van der Waals surface area contributed by atoms with Crippen molar-refractivity contribution in [2.45, 2.75) is 19.6 Å². The third-order valence-corrected chi connectivity index (χ3v) is 4.56. The SMILES string of the molecule is COc1ccccc1C(C)N(C)C(=O)c1cc(COc2ccccc2F)[nH]n1. The standard InChI is InChI=1S/C21H22FN3O3/c1-14(16-8-4-6-10-19(16)27-3)25(2)21(26)18-12-15(23-24-18)13-28-20-11-7-5-9-17(20)22/h4-12,14H,13H2,1-3H3,(H,23,24). The first-order valence-electron chi connectivity index (χ1n) is 8.83. The summed E-state index contributed by atoms with van der Waals surface area (Å²) in [5, 5.41) is 6.83. The van der Waals surface area contributed by atoms with E-state index in [-0.39, 0.29) is 30.0 Å². The van der Waals surface area contributed by atoms with Gasteiger partial charge in [-0.25, -0.2) is 4.39 Å². The quantitative estimate of drug-likeness (QED) is 0.670. The maximum atomic E-state index is 13.6. The van der Waals surface area contributed by atoms with Gasteiger partial charge >= 0.3 is 0 Å². The summed E-state index contributed by atoms with van der Waals surface area (Å²) in [6.45, 7) is 2.00. The Hall–Kier alpha value is -3.35. The van der Waals surface area contributed by atoms with Crippen molar-refractivity contribution < 1.29 is 18.7 Å². The van der Waals surface area contributed by atoms with Gasteiger partial charge in [0, 0.05) is 12.6 Å². The molecule has 0 radical (unpaired) electrons. The summed E-state index contributed by atoms with van der Waals surface area (Å²) in [7, 11) is 3.31. The predicted molar refractivity (Wildman–Crippen MR) is 103 cm³/mol. The number of carbonyl (C=O) groups is 1. The van der Waals surface area contributed by atoms with Crippen LogP contribution in [0.2, 0.25) is 0 Å². The molecule has 3 rings (SSSR count). The molecular formula is C21H22FN3O3. The van der Waals surface area contributed by atoms with Crippen molar-refractivity contribution in [3.05, 3.63) is 77.4 Å². The maximum absolute atomic E-state index is 13.6. The molecule has 0 saturated carbocycles. The number of methoxy groups -OCH3 is 1. The fraction of sp³-hybridized carbons (Fsp3) is 0.238. The molecule has 0 bridgehead atoms. The van der Waals surface area contributed by atoms with Crippen molar-refractivity contribution in [1.29, 1.82) is 0 Å². The van der Waals surface area contributed by atoms with Gasteiger partial charge in [0.1, 0.15) is 12.4 Å². The van der Waals surface area contributed by atoms with Crippen LogP contribution in [0.1, 0.15) is 34.7 Å². The molecular weight excluding hydrogens is 361 g/mol. The number of hydrogen-bond acceptors (Lipinski definition) is 4. The number of aromatic nitrogens is 2. The number of aromatic amines is 1. The molecule has 0 fully saturated rings. The summed E-state index contributed by atoms with van der Waals surface area (Å²) < 4.78 is 24.4. The summed E-state index contributed by atoms with van der Waals surface area (Å²) in [4.78, 5) is 14.4. The first-order valence-corrected chi connectivity index (χ1v) is 8.83. The number of amides is 1. The molecule has 0 aliphatic heterocycles. The zero-order chi connectivity index (χ0) is 20.1. The van der Waals surface area contributed by atoms with Gasteiger partial charge in [0.25, 0.3) is 5.91 Å². The van der Waals surface area contributed by atoms with Crippen molar-refractivity contribution >= 4 is 5.91 Å². The van der Waals surface area contributed by atoms with Crippen LogP contribution in [0.4, 0.5) is 4.39 Å². The van der Waals surface area contributed by atoms with Crippen molar-refractivity contribution in [2.75, 3.05) is 14.2 Å². The Bertz CT molecular complexity index is 957. The number of hydrogen-bond donors (Lipinski definition) is 1. The van der Waals surface area contributed by atoms with E-state index in [1.54, 1.807) is 43.3 Å². The minimum Gasteiger partial charge on any atom is -0.496 e. The second-order valence-corrected chi connectivity index (χ2v) is 6.33. The summed E-state index contributed by atoms with van der Waals surface area (Å²) in [6.07, 6.45) is 0. The first-order chi connectivity index (χ1) is 13.5. The van der Waals surface area contributed by atoms with Crippen LogP contribution in [0.25, 0.3) is 0 Å². The normalized spacial score (nSPS) is 11.7. The van der Waals surface area contributed by atoms with Gasteiger partial charge in [-0.1, -0.05) is 30.3 Å². The van der Waals surface area contributed by atoms with Crippen molar-refractivity contribution in [1.82, 2.24) is 15.1 Å². The van der Waals surface area contributed by atoms with Crippen LogP contribution >= 0.6 is 0 Å². The average Bonchev–Trinajstić information content (AvgIpc) is 3.20. The van der Waals surface area contributed by atoms with E-state index in [9.17, 15) is 9.18 Å². The van der Waals surface area contributed by atoms with Gasteiger partial charge < -0.3 is 14.4 Å². The molecule has 0 aliphatic carbocycles. The Balaban J connectivity index is 1.68. The topological polar surface area (TPSA) is 67.4 Å². The van der Waals surface area contributed by atoms with Gasteiger partial charge in [0.05, 0.1) is 18.8 Å². The molecule has 1 amide bonds. The highest BCUT2D eigenvalue weighted by atomic mass is 19.1. The largest absolute Gasteiger partial charge is 0.496 e. The van der Waals surface area contributed by atoms with E-state index >= 15 is 0 Å². The Morgan fingerprint density at radius 2 is 1.86 bits per heavy atom. The first kappa shape index (κ1) is 19.4. The molecule has 1 aromatic heterocycles. The number of H-pyrrole nitrogens is 1. The lowest BCUT2D eigenvalue weighted by Gasteiger charge is -2.25. The lowest BCUT2D eigenvalue weighted by molar-refractivity contribution is 0.0735. The van der Waals surface area contributed by atoms with Crippen molar-refractivity contribution in [3.63, 3.8) is 0 Å². The lowest BCUT2D eigenvalue weighted by atomic mass is 10.1. The van der Waals surface area contributed by atoms with Gasteiger partial charge in [-0.2, -0.15) is 5.10 Å². The summed E-state index contributed by atoms with van der Waals surface area (Å²) in [5.74, 6) is 0.179. The molecule has 0 spiro atoms. The van der Waals surface area contributed by atoms with E-state index < -0.39 is 5.82 Å². The summed E-state index contributed by atoms with van der Waals surface area (Å²) in [5.41, 5.74) is 1.74. The third kappa shape index (κ3) is 4.14. The second kappa shape index (κ2) is 8.56. The zero-order valence-corrected chi connectivity index (χ0v) is 16.0. The van der Waals surface area contributed by atoms with Gasteiger partial charge in [-0.05, 0) is 31.2 Å². The number of ether oxygens (including phenoxy) is 2. The highest BCUT2D eigenvalue weighted by Crippen LogP contribution is 2.28. The summed E-state index contributed by atoms with van der Waals surface area (Å²) >= 11 is 0. The lowest BCUT2D eigenvalue weighted by Crippen LogP contribution is -2.30. The monoisotopic (exact) mass is 383 g/mol.